The van der Waals surface area contributed by atoms with E-state index in [1.165, 1.54) is 17.0 Å². The summed E-state index contributed by atoms with van der Waals surface area (Å²) < 4.78 is 32.1. The molecule has 0 unspecified atom stereocenters. The molecule has 0 amide bonds. The Morgan fingerprint density at radius 3 is 2.43 bits per heavy atom. The molecule has 9 nitrogen and oxygen atoms in total. The Morgan fingerprint density at radius 2 is 1.86 bits per heavy atom. The molecule has 0 radical (unpaired) electrons. The number of nitrogens with one attached hydrogen (secondary N) is 1. The number of nitrogens with zero attached hydrogens (tertiary/aromatic N) is 2. The van der Waals surface area contributed by atoms with Crippen molar-refractivity contribution in [3.05, 3.63) is 64.2 Å². The summed E-state index contributed by atoms with van der Waals surface area (Å²) >= 11 is 0. The van der Waals surface area contributed by atoms with Crippen molar-refractivity contribution in [1.29, 1.82) is 0 Å². The van der Waals surface area contributed by atoms with Crippen LogP contribution < -0.4 is 9.62 Å². The van der Waals surface area contributed by atoms with E-state index < -0.39 is 33.6 Å². The molecule has 0 saturated carbocycles. The van der Waals surface area contributed by atoms with Gasteiger partial charge in [-0.15, -0.1) is 0 Å². The smallest absolute Gasteiger partial charge is 0.321 e. The fourth-order valence-corrected chi connectivity index (χ4v) is 3.45. The first-order valence-corrected chi connectivity index (χ1v) is 9.80. The molecule has 2 aromatic carbocycles. The zero-order chi connectivity index (χ0) is 20.9. The molecule has 0 aliphatic rings. The minimum absolute atomic E-state index is 0.264. The molecule has 0 aliphatic heterocycles. The van der Waals surface area contributed by atoms with Crippen molar-refractivity contribution in [1.82, 2.24) is 4.72 Å². The summed E-state index contributed by atoms with van der Waals surface area (Å²) in [6.45, 7) is 1.08. The highest BCUT2D eigenvalue weighted by Crippen LogP contribution is 2.29. The Kier molecular flexibility index (Phi) is 6.71. The molecule has 10 heteroatoms. The van der Waals surface area contributed by atoms with Crippen LogP contribution >= 0.6 is 0 Å². The minimum Gasteiger partial charge on any atom is -0.457 e. The van der Waals surface area contributed by atoms with Gasteiger partial charge in [0.15, 0.2) is 0 Å². The van der Waals surface area contributed by atoms with Gasteiger partial charge in [-0.3, -0.25) is 14.9 Å². The number of anilines is 1. The molecule has 0 spiro atoms. The number of hydrogen-bond acceptors (Lipinski definition) is 7. The second-order valence-corrected chi connectivity index (χ2v) is 7.94. The molecule has 2 aromatic rings. The van der Waals surface area contributed by atoms with Crippen LogP contribution in [0.25, 0.3) is 0 Å². The number of ether oxygens (including phenoxy) is 1. The van der Waals surface area contributed by atoms with Gasteiger partial charge in [-0.1, -0.05) is 30.3 Å². The lowest BCUT2D eigenvalue weighted by Crippen LogP contribution is -2.31. The van der Waals surface area contributed by atoms with E-state index in [-0.39, 0.29) is 16.3 Å². The maximum Gasteiger partial charge on any atom is 0.321 e. The molecule has 0 aromatic heterocycles. The summed E-state index contributed by atoms with van der Waals surface area (Å²) in [6.07, 6.45) is -0.543. The molecular formula is C18H21N3O6S. The molecule has 1 atom stereocenters. The number of benzene rings is 2. The Hall–Kier alpha value is -2.98. The maximum atomic E-state index is 12.4. The number of carbonyl (C=O) groups is 1. The average molecular weight is 407 g/mol. The van der Waals surface area contributed by atoms with Crippen molar-refractivity contribution in [3.63, 3.8) is 0 Å². The van der Waals surface area contributed by atoms with Crippen LogP contribution in [0.15, 0.2) is 53.4 Å². The van der Waals surface area contributed by atoms with Crippen LogP contribution in [-0.2, 0) is 19.6 Å². The van der Waals surface area contributed by atoms with Gasteiger partial charge in [-0.05, 0) is 24.6 Å². The number of carbonyl (C=O) groups excluding carboxylic acids is 1. The van der Waals surface area contributed by atoms with Crippen LogP contribution in [0.5, 0.6) is 0 Å². The summed E-state index contributed by atoms with van der Waals surface area (Å²) in [6, 6.07) is 12.5. The van der Waals surface area contributed by atoms with Gasteiger partial charge < -0.3 is 9.64 Å². The van der Waals surface area contributed by atoms with E-state index in [4.69, 9.17) is 4.74 Å². The number of nitro groups is 1. The highest BCUT2D eigenvalue weighted by molar-refractivity contribution is 7.89. The number of sulfonamides is 1. The summed E-state index contributed by atoms with van der Waals surface area (Å²) in [5.41, 5.74) is 0.682. The fourth-order valence-electron chi connectivity index (χ4n) is 2.46. The minimum atomic E-state index is -4.13. The first-order chi connectivity index (χ1) is 13.1. The predicted molar refractivity (Wildman–Crippen MR) is 104 cm³/mol. The van der Waals surface area contributed by atoms with Crippen molar-refractivity contribution in [2.45, 2.75) is 17.9 Å². The Balaban J connectivity index is 2.08. The van der Waals surface area contributed by atoms with Crippen molar-refractivity contribution < 1.29 is 22.9 Å². The molecule has 2 rings (SSSR count). The van der Waals surface area contributed by atoms with Crippen LogP contribution in [0.2, 0.25) is 0 Å². The van der Waals surface area contributed by atoms with Crippen LogP contribution in [0.1, 0.15) is 18.6 Å². The van der Waals surface area contributed by atoms with Crippen LogP contribution in [0, 0.1) is 10.1 Å². The normalized spacial score (nSPS) is 12.2. The standard InChI is InChI=1S/C18H21N3O6S/c1-13(14-7-5-4-6-8-14)27-18(22)12-19-28(25,26)15-9-10-16(20(2)3)17(11-15)21(23)24/h4-11,13,19H,12H2,1-3H3/t13-/m1/s1. The Labute approximate surface area is 163 Å². The molecule has 150 valence electrons. The Morgan fingerprint density at radius 1 is 1.21 bits per heavy atom. The number of esters is 1. The molecule has 0 aliphatic carbocycles. The summed E-state index contributed by atoms with van der Waals surface area (Å²) in [7, 11) is -0.908. The van der Waals surface area contributed by atoms with Gasteiger partial charge in [0.2, 0.25) is 10.0 Å². The lowest BCUT2D eigenvalue weighted by atomic mass is 10.1. The van der Waals surface area contributed by atoms with E-state index in [1.807, 2.05) is 6.07 Å². The predicted octanol–water partition coefficient (Wildman–Crippen LogP) is 2.24. The zero-order valence-electron chi connectivity index (χ0n) is 15.7. The number of hydrogen-bond donors (Lipinski definition) is 1. The molecule has 0 fully saturated rings. The van der Waals surface area contributed by atoms with E-state index in [2.05, 4.69) is 4.72 Å². The van der Waals surface area contributed by atoms with E-state index in [0.717, 1.165) is 11.6 Å². The second-order valence-electron chi connectivity index (χ2n) is 6.17. The zero-order valence-corrected chi connectivity index (χ0v) is 16.5. The largest absolute Gasteiger partial charge is 0.457 e. The van der Waals surface area contributed by atoms with E-state index >= 15 is 0 Å². The Bertz CT molecular complexity index is 961. The topological polar surface area (TPSA) is 119 Å². The van der Waals surface area contributed by atoms with Crippen molar-refractivity contribution in [2.75, 3.05) is 25.5 Å². The summed E-state index contributed by atoms with van der Waals surface area (Å²) in [5.74, 6) is -0.765. The van der Waals surface area contributed by atoms with Crippen LogP contribution in [0.4, 0.5) is 11.4 Å². The van der Waals surface area contributed by atoms with Gasteiger partial charge in [-0.2, -0.15) is 4.72 Å². The first kappa shape index (κ1) is 21.3. The average Bonchev–Trinajstić information content (AvgIpc) is 2.66. The van der Waals surface area contributed by atoms with Gasteiger partial charge in [0, 0.05) is 20.2 Å². The van der Waals surface area contributed by atoms with Crippen LogP contribution in [-0.4, -0.2) is 40.0 Å². The van der Waals surface area contributed by atoms with Gasteiger partial charge in [0.05, 0.1) is 9.82 Å². The lowest BCUT2D eigenvalue weighted by Gasteiger charge is -2.15. The third kappa shape index (κ3) is 5.27. The fraction of sp³-hybridized carbons (Fsp3) is 0.278. The van der Waals surface area contributed by atoms with Crippen molar-refractivity contribution in [3.8, 4) is 0 Å². The van der Waals surface area contributed by atoms with Gasteiger partial charge in [0.1, 0.15) is 18.3 Å². The lowest BCUT2D eigenvalue weighted by molar-refractivity contribution is -0.384. The molecule has 0 bridgehead atoms. The summed E-state index contributed by atoms with van der Waals surface area (Å²) in [4.78, 5) is 23.7. The van der Waals surface area contributed by atoms with Crippen molar-refractivity contribution >= 4 is 27.4 Å². The van der Waals surface area contributed by atoms with E-state index in [0.29, 0.717) is 0 Å². The first-order valence-electron chi connectivity index (χ1n) is 8.31. The highest BCUT2D eigenvalue weighted by Gasteiger charge is 2.23. The molecule has 1 N–H and O–H groups in total. The second kappa shape index (κ2) is 8.81. The monoisotopic (exact) mass is 407 g/mol. The number of rotatable bonds is 8. The van der Waals surface area contributed by atoms with Gasteiger partial charge >= 0.3 is 5.97 Å². The third-order valence-electron chi connectivity index (χ3n) is 3.92. The third-order valence-corrected chi connectivity index (χ3v) is 5.32. The van der Waals surface area contributed by atoms with E-state index in [1.54, 1.807) is 45.3 Å². The molecule has 0 heterocycles. The molecule has 0 saturated heterocycles. The molecule has 28 heavy (non-hydrogen) atoms. The van der Waals surface area contributed by atoms with Gasteiger partial charge in [0.25, 0.3) is 5.69 Å². The SMILES string of the molecule is C[C@@H](OC(=O)CNS(=O)(=O)c1ccc(N(C)C)c([N+](=O)[O-])c1)c1ccccc1. The molecular weight excluding hydrogens is 386 g/mol. The highest BCUT2D eigenvalue weighted by atomic mass is 32.2. The number of nitro benzene ring substituents is 1. The van der Waals surface area contributed by atoms with E-state index in [9.17, 15) is 23.3 Å². The maximum absolute atomic E-state index is 12.4. The van der Waals surface area contributed by atoms with Gasteiger partial charge in [-0.25, -0.2) is 8.42 Å². The summed E-state index contributed by atoms with van der Waals surface area (Å²) in [5, 5.41) is 11.2. The van der Waals surface area contributed by atoms with Crippen molar-refractivity contribution in [2.24, 2.45) is 0 Å². The van der Waals surface area contributed by atoms with Crippen LogP contribution in [0.3, 0.4) is 0 Å². The quantitative estimate of drug-likeness (QED) is 0.405.